The van der Waals surface area contributed by atoms with Gasteiger partial charge in [-0.2, -0.15) is 0 Å². The van der Waals surface area contributed by atoms with Gasteiger partial charge < -0.3 is 15.4 Å². The van der Waals surface area contributed by atoms with E-state index >= 15 is 0 Å². The molecule has 0 saturated carbocycles. The monoisotopic (exact) mass is 333 g/mol. The van der Waals surface area contributed by atoms with Gasteiger partial charge in [-0.1, -0.05) is 0 Å². The Morgan fingerprint density at radius 3 is 2.78 bits per heavy atom. The zero-order chi connectivity index (χ0) is 16.4. The molecule has 0 saturated heterocycles. The summed E-state index contributed by atoms with van der Waals surface area (Å²) >= 11 is 0. The predicted octanol–water partition coefficient (Wildman–Crippen LogP) is 0.778. The van der Waals surface area contributed by atoms with Crippen molar-refractivity contribution in [2.24, 2.45) is 0 Å². The fourth-order valence-electron chi connectivity index (χ4n) is 2.33. The van der Waals surface area contributed by atoms with Crippen LogP contribution in [0.5, 0.6) is 0 Å². The number of aromatic nitrogens is 1. The first-order valence-corrected chi connectivity index (χ1v) is 8.41. The molecule has 23 heavy (non-hydrogen) atoms. The van der Waals surface area contributed by atoms with Gasteiger partial charge in [0, 0.05) is 29.7 Å². The first kappa shape index (κ1) is 15.5. The summed E-state index contributed by atoms with van der Waals surface area (Å²) in [5.41, 5.74) is 2.22. The number of amides is 1. The first-order chi connectivity index (χ1) is 11.0. The standard InChI is InChI=1S/C15H15N3O4S/c19-7-6-17-23(21,22)11-3-4-14-12(9-11)13(15(20)18-14)8-10-2-1-5-16-10/h1-5,8-9,16-17,19H,6-7H2,(H,18,20)/b13-8-. The topological polar surface area (TPSA) is 111 Å². The Kier molecular flexibility index (Phi) is 4.03. The number of sulfonamides is 1. The number of rotatable bonds is 5. The molecule has 0 unspecified atom stereocenters. The zero-order valence-corrected chi connectivity index (χ0v) is 12.9. The summed E-state index contributed by atoms with van der Waals surface area (Å²) in [6.45, 7) is -0.357. The van der Waals surface area contributed by atoms with Gasteiger partial charge in [-0.3, -0.25) is 4.79 Å². The van der Waals surface area contributed by atoms with E-state index in [0.29, 0.717) is 16.8 Å². The van der Waals surface area contributed by atoms with Crippen molar-refractivity contribution in [1.29, 1.82) is 0 Å². The molecule has 0 fully saturated rings. The Labute approximate surface area is 133 Å². The van der Waals surface area contributed by atoms with Crippen LogP contribution < -0.4 is 10.0 Å². The second-order valence-corrected chi connectivity index (χ2v) is 6.73. The maximum absolute atomic E-state index is 12.1. The van der Waals surface area contributed by atoms with Crippen LogP contribution >= 0.6 is 0 Å². The Morgan fingerprint density at radius 2 is 2.09 bits per heavy atom. The highest BCUT2D eigenvalue weighted by atomic mass is 32.2. The van der Waals surface area contributed by atoms with E-state index in [9.17, 15) is 13.2 Å². The number of carbonyl (C=O) groups is 1. The molecule has 3 rings (SSSR count). The second kappa shape index (κ2) is 5.99. The Bertz CT molecular complexity index is 870. The van der Waals surface area contributed by atoms with Crippen LogP contribution in [0.4, 0.5) is 5.69 Å². The molecular formula is C15H15N3O4S. The lowest BCUT2D eigenvalue weighted by atomic mass is 10.1. The minimum absolute atomic E-state index is 0.0404. The average molecular weight is 333 g/mol. The van der Waals surface area contributed by atoms with Gasteiger partial charge in [-0.25, -0.2) is 13.1 Å². The molecule has 4 N–H and O–H groups in total. The van der Waals surface area contributed by atoms with Crippen LogP contribution in [0.1, 0.15) is 11.3 Å². The minimum atomic E-state index is -3.73. The van der Waals surface area contributed by atoms with Crippen LogP contribution in [-0.2, 0) is 14.8 Å². The summed E-state index contributed by atoms with van der Waals surface area (Å²) in [5.74, 6) is -0.285. The number of anilines is 1. The molecule has 1 aliphatic rings. The Hall–Kier alpha value is -2.42. The molecule has 1 aromatic carbocycles. The molecule has 0 atom stereocenters. The van der Waals surface area contributed by atoms with Crippen molar-refractivity contribution in [2.75, 3.05) is 18.5 Å². The van der Waals surface area contributed by atoms with Crippen LogP contribution in [0.15, 0.2) is 41.4 Å². The summed E-state index contributed by atoms with van der Waals surface area (Å²) in [6.07, 6.45) is 3.40. The number of aliphatic hydroxyl groups is 1. The number of aromatic amines is 1. The van der Waals surface area contributed by atoms with Crippen LogP contribution in [0.3, 0.4) is 0 Å². The highest BCUT2D eigenvalue weighted by Gasteiger charge is 2.26. The quantitative estimate of drug-likeness (QED) is 0.606. The Balaban J connectivity index is 2.03. The van der Waals surface area contributed by atoms with Crippen molar-refractivity contribution in [3.05, 3.63) is 47.8 Å². The summed E-state index contributed by atoms with van der Waals surface area (Å²) in [6, 6.07) is 8.02. The summed E-state index contributed by atoms with van der Waals surface area (Å²) in [7, 11) is -3.73. The smallest absolute Gasteiger partial charge is 0.256 e. The van der Waals surface area contributed by atoms with Gasteiger partial charge >= 0.3 is 0 Å². The maximum Gasteiger partial charge on any atom is 0.256 e. The molecule has 1 aliphatic heterocycles. The van der Waals surface area contributed by atoms with Crippen LogP contribution in [0.25, 0.3) is 11.6 Å². The number of fused-ring (bicyclic) bond motifs is 1. The van der Waals surface area contributed by atoms with Crippen molar-refractivity contribution >= 4 is 33.3 Å². The molecule has 2 heterocycles. The van der Waals surface area contributed by atoms with Crippen molar-refractivity contribution < 1.29 is 18.3 Å². The van der Waals surface area contributed by atoms with Crippen molar-refractivity contribution in [3.63, 3.8) is 0 Å². The third kappa shape index (κ3) is 3.04. The fraction of sp³-hybridized carbons (Fsp3) is 0.133. The number of nitrogens with one attached hydrogen (secondary N) is 3. The fourth-order valence-corrected chi connectivity index (χ4v) is 3.38. The van der Waals surface area contributed by atoms with Crippen LogP contribution in [0.2, 0.25) is 0 Å². The number of carbonyl (C=O) groups excluding carboxylic acids is 1. The van der Waals surface area contributed by atoms with Crippen LogP contribution in [-0.4, -0.2) is 37.6 Å². The number of hydrogen-bond acceptors (Lipinski definition) is 4. The van der Waals surface area contributed by atoms with Gasteiger partial charge in [0.05, 0.1) is 17.1 Å². The first-order valence-electron chi connectivity index (χ1n) is 6.92. The zero-order valence-electron chi connectivity index (χ0n) is 12.0. The van der Waals surface area contributed by atoms with Gasteiger partial charge in [0.1, 0.15) is 0 Å². The van der Waals surface area contributed by atoms with Crippen molar-refractivity contribution in [3.8, 4) is 0 Å². The normalized spacial score (nSPS) is 15.7. The molecule has 1 amide bonds. The summed E-state index contributed by atoms with van der Waals surface area (Å²) in [4.78, 5) is 15.1. The molecule has 7 nitrogen and oxygen atoms in total. The molecule has 0 aliphatic carbocycles. The number of aliphatic hydroxyl groups excluding tert-OH is 1. The largest absolute Gasteiger partial charge is 0.395 e. The van der Waals surface area contributed by atoms with E-state index in [-0.39, 0.29) is 24.0 Å². The lowest BCUT2D eigenvalue weighted by Crippen LogP contribution is -2.26. The molecule has 120 valence electrons. The van der Waals surface area contributed by atoms with E-state index in [4.69, 9.17) is 5.11 Å². The average Bonchev–Trinajstić information content (AvgIpc) is 3.14. The second-order valence-electron chi connectivity index (χ2n) is 4.97. The molecule has 0 bridgehead atoms. The van der Waals surface area contributed by atoms with E-state index in [0.717, 1.165) is 5.69 Å². The molecule has 1 aromatic heterocycles. The van der Waals surface area contributed by atoms with E-state index in [1.54, 1.807) is 24.4 Å². The van der Waals surface area contributed by atoms with Gasteiger partial charge in [0.25, 0.3) is 5.91 Å². The molecular weight excluding hydrogens is 318 g/mol. The van der Waals surface area contributed by atoms with Gasteiger partial charge in [0.15, 0.2) is 0 Å². The van der Waals surface area contributed by atoms with Crippen molar-refractivity contribution in [2.45, 2.75) is 4.90 Å². The highest BCUT2D eigenvalue weighted by molar-refractivity contribution is 7.89. The minimum Gasteiger partial charge on any atom is -0.395 e. The van der Waals surface area contributed by atoms with E-state index in [1.807, 2.05) is 6.07 Å². The van der Waals surface area contributed by atoms with Gasteiger partial charge in [0.2, 0.25) is 10.0 Å². The summed E-state index contributed by atoms with van der Waals surface area (Å²) in [5, 5.41) is 11.5. The van der Waals surface area contributed by atoms with E-state index in [2.05, 4.69) is 15.0 Å². The SMILES string of the molecule is O=C1Nc2ccc(S(=O)(=O)NCCO)cc2/C1=C/c1ccc[nH]1. The molecule has 2 aromatic rings. The number of hydrogen-bond donors (Lipinski definition) is 4. The molecule has 0 spiro atoms. The lowest BCUT2D eigenvalue weighted by molar-refractivity contribution is -0.110. The maximum atomic E-state index is 12.1. The number of benzene rings is 1. The molecule has 8 heteroatoms. The third-order valence-electron chi connectivity index (χ3n) is 3.41. The van der Waals surface area contributed by atoms with E-state index in [1.165, 1.54) is 12.1 Å². The van der Waals surface area contributed by atoms with E-state index < -0.39 is 10.0 Å². The molecule has 0 radical (unpaired) electrons. The highest BCUT2D eigenvalue weighted by Crippen LogP contribution is 2.34. The Morgan fingerprint density at radius 1 is 1.26 bits per heavy atom. The number of H-pyrrole nitrogens is 1. The lowest BCUT2D eigenvalue weighted by Gasteiger charge is -2.07. The summed E-state index contributed by atoms with van der Waals surface area (Å²) < 4.78 is 26.6. The van der Waals surface area contributed by atoms with Crippen molar-refractivity contribution in [1.82, 2.24) is 9.71 Å². The predicted molar refractivity (Wildman–Crippen MR) is 86.0 cm³/mol. The van der Waals surface area contributed by atoms with Gasteiger partial charge in [-0.15, -0.1) is 0 Å². The third-order valence-corrected chi connectivity index (χ3v) is 4.87. The van der Waals surface area contributed by atoms with Gasteiger partial charge in [-0.05, 0) is 36.4 Å². The van der Waals surface area contributed by atoms with Crippen LogP contribution in [0, 0.1) is 0 Å².